The lowest BCUT2D eigenvalue weighted by atomic mass is 9.75. The molecule has 0 saturated carbocycles. The van der Waals surface area contributed by atoms with Crippen LogP contribution in [0, 0.1) is 5.41 Å². The first kappa shape index (κ1) is 15.5. The molecule has 0 radical (unpaired) electrons. The van der Waals surface area contributed by atoms with Gasteiger partial charge in [0.05, 0.1) is 17.7 Å². The number of nitrogens with one attached hydrogen (secondary N) is 2. The van der Waals surface area contributed by atoms with Gasteiger partial charge < -0.3 is 15.4 Å². The molecule has 5 nitrogen and oxygen atoms in total. The molecule has 1 aliphatic carbocycles. The van der Waals surface area contributed by atoms with E-state index >= 15 is 0 Å². The topological polar surface area (TPSA) is 82.2 Å². The minimum atomic E-state index is -0.314. The maximum atomic E-state index is 12.5. The Balaban J connectivity index is 1.87. The second-order valence-electron chi connectivity index (χ2n) is 6.81. The van der Waals surface area contributed by atoms with Crippen LogP contribution in [0.2, 0.25) is 0 Å². The van der Waals surface area contributed by atoms with E-state index in [1.807, 2.05) is 0 Å². The number of carbonyl (C=O) groups is 2. The third-order valence-electron chi connectivity index (χ3n) is 4.15. The normalized spacial score (nSPS) is 16.0. The van der Waals surface area contributed by atoms with Gasteiger partial charge in [-0.3, -0.25) is 9.59 Å². The van der Waals surface area contributed by atoms with E-state index < -0.39 is 0 Å². The molecule has 0 fully saturated rings. The second kappa shape index (κ2) is 5.66. The molecule has 3 N–H and O–H groups in total. The number of fused-ring (bicyclic) bond motifs is 1. The number of carbonyl (C=O) groups excluding carboxylic acids is 2. The highest BCUT2D eigenvalue weighted by molar-refractivity contribution is 6.13. The van der Waals surface area contributed by atoms with Crippen molar-refractivity contribution in [3.8, 4) is 0 Å². The third kappa shape index (κ3) is 3.05. The number of amides is 1. The summed E-state index contributed by atoms with van der Waals surface area (Å²) < 4.78 is 0. The van der Waals surface area contributed by atoms with Crippen molar-refractivity contribution in [3.63, 3.8) is 0 Å². The summed E-state index contributed by atoms with van der Waals surface area (Å²) in [5.74, 6) is -0.308. The fourth-order valence-corrected chi connectivity index (χ4v) is 3.11. The smallest absolute Gasteiger partial charge is 0.257 e. The van der Waals surface area contributed by atoms with Crippen molar-refractivity contribution in [1.29, 1.82) is 0 Å². The predicted octanol–water partition coefficient (Wildman–Crippen LogP) is 2.91. The maximum Gasteiger partial charge on any atom is 0.257 e. The monoisotopic (exact) mass is 312 g/mol. The average molecular weight is 312 g/mol. The number of H-pyrrole nitrogens is 1. The molecule has 0 atom stereocenters. The molecule has 3 rings (SSSR count). The molecule has 0 saturated heterocycles. The molecule has 2 aromatic rings. The van der Waals surface area contributed by atoms with Gasteiger partial charge in [-0.25, -0.2) is 0 Å². The van der Waals surface area contributed by atoms with Gasteiger partial charge in [-0.05, 0) is 29.5 Å². The molecule has 23 heavy (non-hydrogen) atoms. The highest BCUT2D eigenvalue weighted by Gasteiger charge is 2.35. The van der Waals surface area contributed by atoms with Crippen molar-refractivity contribution >= 4 is 17.4 Å². The maximum absolute atomic E-state index is 12.5. The van der Waals surface area contributed by atoms with Crippen LogP contribution in [0.25, 0.3) is 0 Å². The Kier molecular flexibility index (Phi) is 3.82. The largest absolute Gasteiger partial charge is 0.392 e. The van der Waals surface area contributed by atoms with Gasteiger partial charge in [-0.2, -0.15) is 0 Å². The first-order chi connectivity index (χ1) is 10.9. The van der Waals surface area contributed by atoms with E-state index in [-0.39, 0.29) is 23.7 Å². The van der Waals surface area contributed by atoms with E-state index in [1.54, 1.807) is 30.5 Å². The highest BCUT2D eigenvalue weighted by Crippen LogP contribution is 2.35. The number of benzene rings is 1. The summed E-state index contributed by atoms with van der Waals surface area (Å²) in [6.07, 6.45) is 2.80. The Morgan fingerprint density at radius 2 is 2.13 bits per heavy atom. The number of hydrogen-bond acceptors (Lipinski definition) is 3. The van der Waals surface area contributed by atoms with Gasteiger partial charge in [0.25, 0.3) is 5.91 Å². The number of hydrogen-bond donors (Lipinski definition) is 3. The number of aliphatic hydroxyl groups excluding tert-OH is 1. The van der Waals surface area contributed by atoms with Gasteiger partial charge in [0, 0.05) is 24.0 Å². The van der Waals surface area contributed by atoms with Gasteiger partial charge >= 0.3 is 0 Å². The first-order valence-electron chi connectivity index (χ1n) is 7.64. The van der Waals surface area contributed by atoms with Gasteiger partial charge in [0.15, 0.2) is 5.78 Å². The Bertz CT molecular complexity index is 774. The van der Waals surface area contributed by atoms with Crippen LogP contribution >= 0.6 is 0 Å². The number of ketones is 1. The van der Waals surface area contributed by atoms with E-state index in [2.05, 4.69) is 24.1 Å². The van der Waals surface area contributed by atoms with Crippen molar-refractivity contribution in [2.24, 2.45) is 5.41 Å². The van der Waals surface area contributed by atoms with Crippen LogP contribution in [0.5, 0.6) is 0 Å². The average Bonchev–Trinajstić information content (AvgIpc) is 2.90. The van der Waals surface area contributed by atoms with Crippen LogP contribution in [0.15, 0.2) is 30.5 Å². The van der Waals surface area contributed by atoms with Crippen molar-refractivity contribution in [2.45, 2.75) is 33.3 Å². The van der Waals surface area contributed by atoms with E-state index in [9.17, 15) is 9.59 Å². The van der Waals surface area contributed by atoms with Crippen molar-refractivity contribution in [2.75, 3.05) is 5.32 Å². The molecule has 0 bridgehead atoms. The van der Waals surface area contributed by atoms with Crippen molar-refractivity contribution < 1.29 is 14.7 Å². The molecule has 0 aliphatic heterocycles. The number of aliphatic hydroxyl groups is 1. The van der Waals surface area contributed by atoms with Gasteiger partial charge in [-0.15, -0.1) is 0 Å². The Hall–Kier alpha value is -2.40. The fourth-order valence-electron chi connectivity index (χ4n) is 3.11. The summed E-state index contributed by atoms with van der Waals surface area (Å²) in [5, 5.41) is 11.9. The molecule has 1 aromatic heterocycles. The molecule has 0 unspecified atom stereocenters. The summed E-state index contributed by atoms with van der Waals surface area (Å²) in [6.45, 7) is 4.01. The molecule has 1 aromatic carbocycles. The molecular weight excluding hydrogens is 292 g/mol. The molecular formula is C18H20N2O3. The number of aromatic nitrogens is 1. The Labute approximate surface area is 134 Å². The van der Waals surface area contributed by atoms with Crippen LogP contribution in [0.4, 0.5) is 5.69 Å². The van der Waals surface area contributed by atoms with Crippen LogP contribution < -0.4 is 5.32 Å². The second-order valence-corrected chi connectivity index (χ2v) is 6.81. The lowest BCUT2D eigenvalue weighted by Crippen LogP contribution is -2.28. The number of rotatable bonds is 3. The predicted molar refractivity (Wildman–Crippen MR) is 87.5 cm³/mol. The molecule has 1 heterocycles. The number of anilines is 1. The Morgan fingerprint density at radius 3 is 2.87 bits per heavy atom. The van der Waals surface area contributed by atoms with Gasteiger partial charge in [0.1, 0.15) is 0 Å². The van der Waals surface area contributed by atoms with E-state index in [0.717, 1.165) is 17.7 Å². The quantitative estimate of drug-likeness (QED) is 0.815. The van der Waals surface area contributed by atoms with Gasteiger partial charge in [0.2, 0.25) is 0 Å². The summed E-state index contributed by atoms with van der Waals surface area (Å²) in [5.41, 5.74) is 2.96. The summed E-state index contributed by atoms with van der Waals surface area (Å²) >= 11 is 0. The van der Waals surface area contributed by atoms with Crippen LogP contribution in [0.1, 0.15) is 52.2 Å². The van der Waals surface area contributed by atoms with E-state index in [0.29, 0.717) is 23.2 Å². The van der Waals surface area contributed by atoms with Crippen molar-refractivity contribution in [1.82, 2.24) is 4.98 Å². The molecule has 120 valence electrons. The van der Waals surface area contributed by atoms with Crippen LogP contribution in [-0.4, -0.2) is 21.8 Å². The molecule has 1 aliphatic rings. The third-order valence-corrected chi connectivity index (χ3v) is 4.15. The van der Waals surface area contributed by atoms with E-state index in [4.69, 9.17) is 5.11 Å². The molecule has 0 spiro atoms. The molecule has 5 heteroatoms. The zero-order valence-corrected chi connectivity index (χ0v) is 13.3. The fraction of sp³-hybridized carbons (Fsp3) is 0.333. The first-order valence-corrected chi connectivity index (χ1v) is 7.64. The lowest BCUT2D eigenvalue weighted by Gasteiger charge is -2.28. The van der Waals surface area contributed by atoms with Gasteiger partial charge in [-0.1, -0.05) is 26.0 Å². The van der Waals surface area contributed by atoms with Crippen molar-refractivity contribution in [3.05, 3.63) is 52.8 Å². The molecule has 1 amide bonds. The summed E-state index contributed by atoms with van der Waals surface area (Å²) in [7, 11) is 0. The highest BCUT2D eigenvalue weighted by atomic mass is 16.3. The van der Waals surface area contributed by atoms with Crippen LogP contribution in [0.3, 0.4) is 0 Å². The van der Waals surface area contributed by atoms with Crippen LogP contribution in [-0.2, 0) is 13.0 Å². The SMILES string of the molecule is CC1(C)CC(=O)c2c(C(=O)Nc3cccc(CO)c3)c[nH]c2C1. The lowest BCUT2D eigenvalue weighted by molar-refractivity contribution is 0.0902. The summed E-state index contributed by atoms with van der Waals surface area (Å²) in [6, 6.07) is 7.00. The Morgan fingerprint density at radius 1 is 1.35 bits per heavy atom. The minimum absolute atomic E-state index is 0.00626. The standard InChI is InChI=1S/C18H20N2O3/c1-18(2)7-14-16(15(22)8-18)13(9-19-14)17(23)20-12-5-3-4-11(6-12)10-21/h3-6,9,19,21H,7-8,10H2,1-2H3,(H,20,23). The zero-order chi connectivity index (χ0) is 16.6. The number of aromatic amines is 1. The zero-order valence-electron chi connectivity index (χ0n) is 13.3. The van der Waals surface area contributed by atoms with E-state index in [1.165, 1.54) is 0 Å². The minimum Gasteiger partial charge on any atom is -0.392 e. The number of Topliss-reactive ketones (excluding diaryl/α,β-unsaturated/α-hetero) is 1. The summed E-state index contributed by atoms with van der Waals surface area (Å²) in [4.78, 5) is 28.0.